The number of anilines is 2. The summed E-state index contributed by atoms with van der Waals surface area (Å²) in [6.45, 7) is 0. The zero-order valence-corrected chi connectivity index (χ0v) is 19.5. The summed E-state index contributed by atoms with van der Waals surface area (Å²) < 4.78 is 1.94. The molecule has 0 spiro atoms. The molecule has 1 aliphatic rings. The molecule has 0 bridgehead atoms. The summed E-state index contributed by atoms with van der Waals surface area (Å²) in [6.07, 6.45) is 3.57. The van der Waals surface area contributed by atoms with Crippen LogP contribution in [0.3, 0.4) is 0 Å². The lowest BCUT2D eigenvalue weighted by Gasteiger charge is -2.16. The zero-order valence-electron chi connectivity index (χ0n) is 18.7. The lowest BCUT2D eigenvalue weighted by molar-refractivity contribution is -0.136. The number of rotatable bonds is 6. The van der Waals surface area contributed by atoms with Crippen LogP contribution in [-0.2, 0) is 23.1 Å². The molecule has 7 nitrogen and oxygen atoms in total. The lowest BCUT2D eigenvalue weighted by atomic mass is 9.98. The Kier molecular flexibility index (Phi) is 5.84. The monoisotopic (exact) mass is 484 g/mol. The number of aliphatic carboxylic acids is 1. The summed E-state index contributed by atoms with van der Waals surface area (Å²) in [4.78, 5) is 28.5. The fourth-order valence-electron chi connectivity index (χ4n) is 4.13. The number of amides is 1. The van der Waals surface area contributed by atoms with Gasteiger partial charge in [-0.05, 0) is 47.5 Å². The highest BCUT2D eigenvalue weighted by molar-refractivity contribution is 6.38. The molecule has 35 heavy (non-hydrogen) atoms. The average molecular weight is 485 g/mol. The fourth-order valence-corrected chi connectivity index (χ4v) is 4.30. The van der Waals surface area contributed by atoms with Crippen molar-refractivity contribution in [2.24, 2.45) is 7.05 Å². The maximum atomic E-state index is 13.1. The average Bonchev–Trinajstić information content (AvgIpc) is 3.40. The molecule has 0 saturated heterocycles. The first-order valence-electron chi connectivity index (χ1n) is 10.9. The molecule has 0 fully saturated rings. The van der Waals surface area contributed by atoms with Crippen LogP contribution < -0.4 is 10.6 Å². The van der Waals surface area contributed by atoms with Crippen molar-refractivity contribution in [2.75, 3.05) is 10.6 Å². The number of benzene rings is 3. The van der Waals surface area contributed by atoms with Crippen molar-refractivity contribution in [3.05, 3.63) is 101 Å². The Hall–Kier alpha value is -4.36. The predicted octanol–water partition coefficient (Wildman–Crippen LogP) is 5.30. The molecule has 3 aromatic carbocycles. The maximum absolute atomic E-state index is 13.1. The molecule has 4 aromatic rings. The van der Waals surface area contributed by atoms with E-state index in [1.807, 2.05) is 60.3 Å². The SMILES string of the molecule is Cn1ccnc1-c1ccc(NC(=C2C(=O)Nc3cc(Cl)ccc32)c2ccc(CC(=O)O)cc2)cc1. The normalized spacial score (nSPS) is 13.8. The van der Waals surface area contributed by atoms with Crippen LogP contribution in [0.1, 0.15) is 16.7 Å². The molecule has 0 aliphatic carbocycles. The minimum Gasteiger partial charge on any atom is -0.481 e. The number of carbonyl (C=O) groups is 2. The van der Waals surface area contributed by atoms with Gasteiger partial charge in [0.1, 0.15) is 5.82 Å². The fraction of sp³-hybridized carbons (Fsp3) is 0.0741. The first kappa shape index (κ1) is 22.4. The Bertz CT molecular complexity index is 1470. The van der Waals surface area contributed by atoms with Gasteiger partial charge in [0.2, 0.25) is 0 Å². The number of fused-ring (bicyclic) bond motifs is 1. The van der Waals surface area contributed by atoms with Crippen molar-refractivity contribution in [2.45, 2.75) is 6.42 Å². The van der Waals surface area contributed by atoms with Crippen LogP contribution >= 0.6 is 11.6 Å². The van der Waals surface area contributed by atoms with Crippen molar-refractivity contribution in [3.63, 3.8) is 0 Å². The van der Waals surface area contributed by atoms with E-state index in [2.05, 4.69) is 15.6 Å². The number of halogens is 1. The summed E-state index contributed by atoms with van der Waals surface area (Å²) >= 11 is 6.13. The Labute approximate surface area is 206 Å². The van der Waals surface area contributed by atoms with Gasteiger partial charge >= 0.3 is 5.97 Å². The topological polar surface area (TPSA) is 96.3 Å². The Morgan fingerprint density at radius 1 is 1.09 bits per heavy atom. The minimum absolute atomic E-state index is 0.0733. The highest BCUT2D eigenvalue weighted by Crippen LogP contribution is 2.39. The standard InChI is InChI=1S/C27H21ClN4O3/c1-32-13-12-29-26(32)18-6-9-20(10-7-18)30-25(17-4-2-16(3-5-17)14-23(33)34)24-21-11-8-19(28)15-22(21)31-27(24)35/h2-13,15,30H,14H2,1H3,(H,31,35)(H,33,34). The number of imidazole rings is 1. The summed E-state index contributed by atoms with van der Waals surface area (Å²) in [5.74, 6) is -0.294. The third kappa shape index (κ3) is 4.54. The van der Waals surface area contributed by atoms with E-state index >= 15 is 0 Å². The first-order chi connectivity index (χ1) is 16.9. The van der Waals surface area contributed by atoms with Crippen molar-refractivity contribution in [1.29, 1.82) is 0 Å². The third-order valence-corrected chi connectivity index (χ3v) is 6.04. The Morgan fingerprint density at radius 2 is 1.83 bits per heavy atom. The van der Waals surface area contributed by atoms with Gasteiger partial charge in [-0.1, -0.05) is 41.9 Å². The Morgan fingerprint density at radius 3 is 2.49 bits per heavy atom. The van der Waals surface area contributed by atoms with E-state index in [1.165, 1.54) is 0 Å². The first-order valence-corrected chi connectivity index (χ1v) is 11.3. The van der Waals surface area contributed by atoms with E-state index < -0.39 is 5.97 Å². The quantitative estimate of drug-likeness (QED) is 0.323. The van der Waals surface area contributed by atoms with Gasteiger partial charge in [0.25, 0.3) is 5.91 Å². The van der Waals surface area contributed by atoms with Crippen LogP contribution in [0.4, 0.5) is 11.4 Å². The molecule has 3 N–H and O–H groups in total. The minimum atomic E-state index is -0.900. The van der Waals surface area contributed by atoms with Gasteiger partial charge in [-0.2, -0.15) is 0 Å². The van der Waals surface area contributed by atoms with Gasteiger partial charge < -0.3 is 20.3 Å². The zero-order chi connectivity index (χ0) is 24.5. The van der Waals surface area contributed by atoms with Gasteiger partial charge in [-0.3, -0.25) is 9.59 Å². The molecule has 1 amide bonds. The van der Waals surface area contributed by atoms with Crippen molar-refractivity contribution in [1.82, 2.24) is 9.55 Å². The van der Waals surface area contributed by atoms with E-state index in [-0.39, 0.29) is 12.3 Å². The number of aryl methyl sites for hydroxylation is 1. The Balaban J connectivity index is 1.57. The van der Waals surface area contributed by atoms with Crippen molar-refractivity contribution >= 4 is 46.1 Å². The van der Waals surface area contributed by atoms with E-state index in [0.717, 1.165) is 28.2 Å². The molecule has 0 radical (unpaired) electrons. The van der Waals surface area contributed by atoms with E-state index in [1.54, 1.807) is 30.5 Å². The maximum Gasteiger partial charge on any atom is 0.307 e. The molecule has 1 aliphatic heterocycles. The number of carboxylic acid groups (broad SMARTS) is 1. The van der Waals surface area contributed by atoms with Gasteiger partial charge in [0.05, 0.1) is 23.4 Å². The molecule has 1 aromatic heterocycles. The predicted molar refractivity (Wildman–Crippen MR) is 137 cm³/mol. The van der Waals surface area contributed by atoms with Crippen molar-refractivity contribution < 1.29 is 14.7 Å². The molecule has 8 heteroatoms. The summed E-state index contributed by atoms with van der Waals surface area (Å²) in [5.41, 5.74) is 5.65. The number of nitrogens with zero attached hydrogens (tertiary/aromatic N) is 2. The smallest absolute Gasteiger partial charge is 0.307 e. The third-order valence-electron chi connectivity index (χ3n) is 5.81. The van der Waals surface area contributed by atoms with Crippen LogP contribution in [-0.4, -0.2) is 26.5 Å². The summed E-state index contributed by atoms with van der Waals surface area (Å²) in [7, 11) is 1.94. The molecule has 174 valence electrons. The number of carbonyl (C=O) groups excluding carboxylic acids is 1. The number of hydrogen-bond acceptors (Lipinski definition) is 4. The second-order valence-electron chi connectivity index (χ2n) is 8.23. The molecule has 0 unspecified atom stereocenters. The van der Waals surface area contributed by atoms with E-state index in [0.29, 0.717) is 27.5 Å². The molecule has 0 atom stereocenters. The van der Waals surface area contributed by atoms with Gasteiger partial charge in [0.15, 0.2) is 0 Å². The van der Waals surface area contributed by atoms with Crippen LogP contribution in [0.2, 0.25) is 5.02 Å². The molecule has 0 saturated carbocycles. The van der Waals surface area contributed by atoms with Crippen LogP contribution in [0.15, 0.2) is 79.1 Å². The number of nitrogens with one attached hydrogen (secondary N) is 2. The molecule has 5 rings (SSSR count). The van der Waals surface area contributed by atoms with Crippen molar-refractivity contribution in [3.8, 4) is 11.4 Å². The molecular formula is C27H21ClN4O3. The second kappa shape index (κ2) is 9.12. The van der Waals surface area contributed by atoms with Crippen LogP contribution in [0.5, 0.6) is 0 Å². The van der Waals surface area contributed by atoms with E-state index in [4.69, 9.17) is 16.7 Å². The van der Waals surface area contributed by atoms with Gasteiger partial charge in [-0.15, -0.1) is 0 Å². The highest BCUT2D eigenvalue weighted by atomic mass is 35.5. The molecular weight excluding hydrogens is 464 g/mol. The number of carboxylic acids is 1. The second-order valence-corrected chi connectivity index (χ2v) is 8.66. The number of hydrogen-bond donors (Lipinski definition) is 3. The van der Waals surface area contributed by atoms with Crippen LogP contribution in [0, 0.1) is 0 Å². The number of aromatic nitrogens is 2. The van der Waals surface area contributed by atoms with E-state index in [9.17, 15) is 9.59 Å². The largest absolute Gasteiger partial charge is 0.481 e. The summed E-state index contributed by atoms with van der Waals surface area (Å²) in [5, 5.41) is 15.9. The molecule has 2 heterocycles. The summed E-state index contributed by atoms with van der Waals surface area (Å²) in [6, 6.07) is 20.2. The van der Waals surface area contributed by atoms with Crippen LogP contribution in [0.25, 0.3) is 22.7 Å². The van der Waals surface area contributed by atoms with Gasteiger partial charge in [0, 0.05) is 41.3 Å². The highest BCUT2D eigenvalue weighted by Gasteiger charge is 2.28. The lowest BCUT2D eigenvalue weighted by Crippen LogP contribution is -2.10. The van der Waals surface area contributed by atoms with Gasteiger partial charge in [-0.25, -0.2) is 4.98 Å².